The van der Waals surface area contributed by atoms with Gasteiger partial charge >= 0.3 is 0 Å². The van der Waals surface area contributed by atoms with Crippen molar-refractivity contribution in [3.8, 4) is 0 Å². The van der Waals surface area contributed by atoms with E-state index in [2.05, 4.69) is 42.1 Å². The van der Waals surface area contributed by atoms with Crippen LogP contribution in [-0.4, -0.2) is 24.5 Å². The highest BCUT2D eigenvalue weighted by Crippen LogP contribution is 2.23. The second-order valence-corrected chi connectivity index (χ2v) is 5.76. The van der Waals surface area contributed by atoms with Crippen molar-refractivity contribution in [1.29, 1.82) is 0 Å². The van der Waals surface area contributed by atoms with E-state index >= 15 is 0 Å². The molecule has 2 rings (SSSR count). The van der Waals surface area contributed by atoms with Crippen molar-refractivity contribution in [1.82, 2.24) is 16.2 Å². The molecule has 1 aromatic rings. The van der Waals surface area contributed by atoms with E-state index in [1.807, 2.05) is 25.1 Å². The lowest BCUT2D eigenvalue weighted by Crippen LogP contribution is -2.40. The van der Waals surface area contributed by atoms with Crippen LogP contribution in [0.4, 0.5) is 0 Å². The predicted octanol–water partition coefficient (Wildman–Crippen LogP) is 1.48. The zero-order chi connectivity index (χ0) is 14.5. The Morgan fingerprint density at radius 1 is 1.20 bits per heavy atom. The largest absolute Gasteiger partial charge is 0.356 e. The van der Waals surface area contributed by atoms with Gasteiger partial charge < -0.3 is 5.32 Å². The topological polar surface area (TPSA) is 53.2 Å². The standard InChI is InChI=1S/C16H25N3O/c1-11(15-12(2)18-19-13(15)3)16(20)17-10-9-14-7-5-4-6-8-14/h4-8,11-13,15,18-19H,9-10H2,1-3H3,(H,17,20). The SMILES string of the molecule is CC1NNC(C)C1C(C)C(=O)NCCc1ccccc1. The second-order valence-electron chi connectivity index (χ2n) is 5.76. The quantitative estimate of drug-likeness (QED) is 0.763. The zero-order valence-corrected chi connectivity index (χ0v) is 12.5. The van der Waals surface area contributed by atoms with Gasteiger partial charge in [-0.2, -0.15) is 0 Å². The maximum Gasteiger partial charge on any atom is 0.223 e. The molecule has 0 aliphatic carbocycles. The molecular weight excluding hydrogens is 250 g/mol. The van der Waals surface area contributed by atoms with Gasteiger partial charge in [-0.3, -0.25) is 15.6 Å². The number of carbonyl (C=O) groups excluding carboxylic acids is 1. The number of rotatable bonds is 5. The molecule has 0 spiro atoms. The van der Waals surface area contributed by atoms with Crippen LogP contribution in [0.1, 0.15) is 26.3 Å². The summed E-state index contributed by atoms with van der Waals surface area (Å²) in [6, 6.07) is 10.9. The summed E-state index contributed by atoms with van der Waals surface area (Å²) in [4.78, 5) is 12.2. The predicted molar refractivity (Wildman–Crippen MR) is 81.0 cm³/mol. The van der Waals surface area contributed by atoms with Crippen molar-refractivity contribution in [3.63, 3.8) is 0 Å². The average Bonchev–Trinajstić information content (AvgIpc) is 2.78. The molecule has 3 atom stereocenters. The summed E-state index contributed by atoms with van der Waals surface area (Å²) in [6.07, 6.45) is 0.881. The van der Waals surface area contributed by atoms with Crippen molar-refractivity contribution < 1.29 is 4.79 Å². The number of nitrogens with one attached hydrogen (secondary N) is 3. The highest BCUT2D eigenvalue weighted by Gasteiger charge is 2.37. The molecule has 110 valence electrons. The van der Waals surface area contributed by atoms with E-state index in [1.54, 1.807) is 0 Å². The zero-order valence-electron chi connectivity index (χ0n) is 12.5. The van der Waals surface area contributed by atoms with Gasteiger partial charge in [0.1, 0.15) is 0 Å². The van der Waals surface area contributed by atoms with Crippen LogP contribution in [0, 0.1) is 11.8 Å². The Morgan fingerprint density at radius 3 is 2.40 bits per heavy atom. The van der Waals surface area contributed by atoms with Crippen LogP contribution < -0.4 is 16.2 Å². The molecule has 0 aromatic heterocycles. The number of hydrogen-bond donors (Lipinski definition) is 3. The molecule has 0 radical (unpaired) electrons. The van der Waals surface area contributed by atoms with Gasteiger partial charge in [0.25, 0.3) is 0 Å². The summed E-state index contributed by atoms with van der Waals surface area (Å²) < 4.78 is 0. The molecule has 3 unspecified atom stereocenters. The molecule has 1 aliphatic heterocycles. The number of hydrazine groups is 1. The molecule has 1 aliphatic rings. The lowest BCUT2D eigenvalue weighted by Gasteiger charge is -2.24. The van der Waals surface area contributed by atoms with E-state index in [4.69, 9.17) is 0 Å². The van der Waals surface area contributed by atoms with Crippen LogP contribution in [-0.2, 0) is 11.2 Å². The summed E-state index contributed by atoms with van der Waals surface area (Å²) in [5.41, 5.74) is 7.67. The number of carbonyl (C=O) groups is 1. The third kappa shape index (κ3) is 3.58. The molecular formula is C16H25N3O. The number of benzene rings is 1. The van der Waals surface area contributed by atoms with E-state index in [9.17, 15) is 4.79 Å². The normalized spacial score (nSPS) is 27.2. The van der Waals surface area contributed by atoms with Crippen LogP contribution in [0.15, 0.2) is 30.3 Å². The van der Waals surface area contributed by atoms with Gasteiger partial charge in [0.2, 0.25) is 5.91 Å². The summed E-state index contributed by atoms with van der Waals surface area (Å²) in [5, 5.41) is 3.05. The smallest absolute Gasteiger partial charge is 0.223 e. The van der Waals surface area contributed by atoms with E-state index in [0.29, 0.717) is 24.5 Å². The van der Waals surface area contributed by atoms with E-state index in [1.165, 1.54) is 5.56 Å². The molecule has 1 saturated heterocycles. The van der Waals surface area contributed by atoms with E-state index in [-0.39, 0.29) is 11.8 Å². The van der Waals surface area contributed by atoms with Gasteiger partial charge in [-0.1, -0.05) is 37.3 Å². The lowest BCUT2D eigenvalue weighted by molar-refractivity contribution is -0.126. The highest BCUT2D eigenvalue weighted by molar-refractivity contribution is 5.78. The minimum atomic E-state index is 0.0123. The van der Waals surface area contributed by atoms with Crippen molar-refractivity contribution in [2.24, 2.45) is 11.8 Å². The van der Waals surface area contributed by atoms with Crippen LogP contribution >= 0.6 is 0 Å². The minimum absolute atomic E-state index is 0.0123. The Kier molecular flexibility index (Phi) is 5.15. The molecule has 4 heteroatoms. The van der Waals surface area contributed by atoms with Crippen LogP contribution in [0.2, 0.25) is 0 Å². The Bertz CT molecular complexity index is 425. The number of amides is 1. The fraction of sp³-hybridized carbons (Fsp3) is 0.562. The maximum absolute atomic E-state index is 12.2. The van der Waals surface area contributed by atoms with E-state index < -0.39 is 0 Å². The van der Waals surface area contributed by atoms with Crippen molar-refractivity contribution in [2.45, 2.75) is 39.3 Å². The van der Waals surface area contributed by atoms with Crippen LogP contribution in [0.25, 0.3) is 0 Å². The second kappa shape index (κ2) is 6.86. The summed E-state index contributed by atoms with van der Waals surface area (Å²) in [6.45, 7) is 6.96. The molecule has 1 amide bonds. The summed E-state index contributed by atoms with van der Waals surface area (Å²) in [5.74, 6) is 0.486. The van der Waals surface area contributed by atoms with Gasteiger partial charge in [0.15, 0.2) is 0 Å². The molecule has 3 N–H and O–H groups in total. The molecule has 0 saturated carbocycles. The van der Waals surface area contributed by atoms with Crippen molar-refractivity contribution in [3.05, 3.63) is 35.9 Å². The van der Waals surface area contributed by atoms with Crippen molar-refractivity contribution in [2.75, 3.05) is 6.54 Å². The van der Waals surface area contributed by atoms with Crippen LogP contribution in [0.3, 0.4) is 0 Å². The monoisotopic (exact) mass is 275 g/mol. The van der Waals surface area contributed by atoms with Gasteiger partial charge in [-0.05, 0) is 25.8 Å². The van der Waals surface area contributed by atoms with E-state index in [0.717, 1.165) is 6.42 Å². The molecule has 1 aromatic carbocycles. The minimum Gasteiger partial charge on any atom is -0.356 e. The summed E-state index contributed by atoms with van der Waals surface area (Å²) in [7, 11) is 0. The Hall–Kier alpha value is -1.39. The lowest BCUT2D eigenvalue weighted by atomic mass is 9.84. The number of hydrogen-bond acceptors (Lipinski definition) is 3. The first-order valence-corrected chi connectivity index (χ1v) is 7.42. The first kappa shape index (κ1) is 15.0. The summed E-state index contributed by atoms with van der Waals surface area (Å²) >= 11 is 0. The Balaban J connectivity index is 1.79. The first-order chi connectivity index (χ1) is 9.59. The average molecular weight is 275 g/mol. The molecule has 20 heavy (non-hydrogen) atoms. The third-order valence-corrected chi connectivity index (χ3v) is 4.24. The fourth-order valence-electron chi connectivity index (χ4n) is 3.06. The van der Waals surface area contributed by atoms with Gasteiger partial charge in [0, 0.05) is 30.5 Å². The Labute approximate surface area is 121 Å². The molecule has 0 bridgehead atoms. The molecule has 1 heterocycles. The van der Waals surface area contributed by atoms with Gasteiger partial charge in [-0.15, -0.1) is 0 Å². The third-order valence-electron chi connectivity index (χ3n) is 4.24. The van der Waals surface area contributed by atoms with Crippen LogP contribution in [0.5, 0.6) is 0 Å². The highest BCUT2D eigenvalue weighted by atomic mass is 16.1. The molecule has 1 fully saturated rings. The van der Waals surface area contributed by atoms with Gasteiger partial charge in [-0.25, -0.2) is 0 Å². The van der Waals surface area contributed by atoms with Gasteiger partial charge in [0.05, 0.1) is 0 Å². The van der Waals surface area contributed by atoms with Crippen molar-refractivity contribution >= 4 is 5.91 Å². The first-order valence-electron chi connectivity index (χ1n) is 7.42. The molecule has 4 nitrogen and oxygen atoms in total. The maximum atomic E-state index is 12.2. The Morgan fingerprint density at radius 2 is 1.80 bits per heavy atom. The fourth-order valence-corrected chi connectivity index (χ4v) is 3.06.